The Morgan fingerprint density at radius 3 is 2.66 bits per heavy atom. The highest BCUT2D eigenvalue weighted by molar-refractivity contribution is 6.24. The van der Waals surface area contributed by atoms with Crippen LogP contribution < -0.4 is 10.7 Å². The fourth-order valence-corrected chi connectivity index (χ4v) is 4.01. The summed E-state index contributed by atoms with van der Waals surface area (Å²) in [7, 11) is 0. The van der Waals surface area contributed by atoms with Crippen LogP contribution in [0.15, 0.2) is 46.7 Å². The highest BCUT2D eigenvalue weighted by atomic mass is 16.2. The molecule has 0 fully saturated rings. The molecule has 0 bridgehead atoms. The van der Waals surface area contributed by atoms with Crippen molar-refractivity contribution in [1.82, 2.24) is 30.6 Å². The van der Waals surface area contributed by atoms with Gasteiger partial charge in [-0.25, -0.2) is 15.4 Å². The van der Waals surface area contributed by atoms with Gasteiger partial charge in [-0.15, -0.1) is 0 Å². The summed E-state index contributed by atoms with van der Waals surface area (Å²) in [6, 6.07) is 1.81. The molecule has 1 amide bonds. The van der Waals surface area contributed by atoms with E-state index in [1.54, 1.807) is 31.0 Å². The van der Waals surface area contributed by atoms with Crippen LogP contribution in [0.2, 0.25) is 0 Å². The topological polar surface area (TPSA) is 111 Å². The molecule has 166 valence electrons. The molecule has 2 aromatic heterocycles. The molecule has 32 heavy (non-hydrogen) atoms. The van der Waals surface area contributed by atoms with Crippen LogP contribution in [-0.4, -0.2) is 57.3 Å². The number of aromatic nitrogens is 3. The lowest BCUT2D eigenvalue weighted by molar-refractivity contribution is -0.120. The maximum absolute atomic E-state index is 12.2. The first kappa shape index (κ1) is 21.6. The molecule has 0 aliphatic carbocycles. The van der Waals surface area contributed by atoms with Crippen molar-refractivity contribution in [3.63, 3.8) is 0 Å². The Balaban J connectivity index is 1.76. The molecule has 0 spiro atoms. The summed E-state index contributed by atoms with van der Waals surface area (Å²) in [6.45, 7) is 9.40. The molecule has 0 radical (unpaired) electrons. The molecule has 2 aliphatic rings. The van der Waals surface area contributed by atoms with Gasteiger partial charge < -0.3 is 15.2 Å². The average molecular weight is 433 g/mol. The van der Waals surface area contributed by atoms with Gasteiger partial charge in [0.15, 0.2) is 5.82 Å². The Hall–Kier alpha value is -3.59. The van der Waals surface area contributed by atoms with E-state index in [1.165, 1.54) is 5.56 Å². The second-order valence-electron chi connectivity index (χ2n) is 7.63. The minimum atomic E-state index is -0.534. The number of likely N-dealkylation sites (N-methyl/N-ethyl adjacent to an activating group) is 1. The van der Waals surface area contributed by atoms with Gasteiger partial charge in [0.05, 0.1) is 17.1 Å². The van der Waals surface area contributed by atoms with E-state index in [0.29, 0.717) is 11.5 Å². The predicted octanol–water partition coefficient (Wildman–Crippen LogP) is 2.25. The van der Waals surface area contributed by atoms with Crippen molar-refractivity contribution >= 4 is 23.9 Å². The summed E-state index contributed by atoms with van der Waals surface area (Å²) >= 11 is 0. The number of nitrogens with zero attached hydrogens (tertiary/aromatic N) is 5. The van der Waals surface area contributed by atoms with Crippen LogP contribution in [0, 0.1) is 12.8 Å². The van der Waals surface area contributed by atoms with E-state index in [0.717, 1.165) is 48.7 Å². The van der Waals surface area contributed by atoms with E-state index in [1.807, 2.05) is 12.1 Å². The summed E-state index contributed by atoms with van der Waals surface area (Å²) in [5.74, 6) is -0.0578. The van der Waals surface area contributed by atoms with Gasteiger partial charge >= 0.3 is 0 Å². The Bertz CT molecular complexity index is 1090. The van der Waals surface area contributed by atoms with Gasteiger partial charge in [-0.3, -0.25) is 9.79 Å². The maximum atomic E-state index is 12.2. The third kappa shape index (κ3) is 4.38. The molecular formula is C23H28N8O. The normalized spacial score (nSPS) is 18.9. The van der Waals surface area contributed by atoms with E-state index in [2.05, 4.69) is 61.5 Å². The van der Waals surface area contributed by atoms with Gasteiger partial charge in [0.1, 0.15) is 5.92 Å². The van der Waals surface area contributed by atoms with E-state index in [-0.39, 0.29) is 5.91 Å². The monoisotopic (exact) mass is 432 g/mol. The van der Waals surface area contributed by atoms with Crippen LogP contribution in [0.5, 0.6) is 0 Å². The quantitative estimate of drug-likeness (QED) is 0.593. The summed E-state index contributed by atoms with van der Waals surface area (Å²) in [5.41, 5.74) is 7.95. The Labute approximate surface area is 187 Å². The fraction of sp³-hybridized carbons (Fsp3) is 0.348. The van der Waals surface area contributed by atoms with E-state index < -0.39 is 5.92 Å². The number of H-pyrrole nitrogens is 1. The lowest BCUT2D eigenvalue weighted by Gasteiger charge is -2.18. The second kappa shape index (κ2) is 9.69. The molecule has 4 rings (SSSR count). The van der Waals surface area contributed by atoms with Gasteiger partial charge in [-0.2, -0.15) is 5.10 Å². The summed E-state index contributed by atoms with van der Waals surface area (Å²) in [5, 5.41) is 7.12. The second-order valence-corrected chi connectivity index (χ2v) is 7.63. The first-order chi connectivity index (χ1) is 15.6. The molecule has 3 N–H and O–H groups in total. The van der Waals surface area contributed by atoms with Gasteiger partial charge in [0, 0.05) is 48.8 Å². The Morgan fingerprint density at radius 1 is 1.19 bits per heavy atom. The van der Waals surface area contributed by atoms with Crippen LogP contribution in [0.4, 0.5) is 0 Å². The standard InChI is InChI=1S/C23H28N8O/c1-4-31(5-2)12-7-16-15(3)29-18(20(16)22-26-8-6-9-27-22)13-19-21(25-11-10-24-19)17-14-28-30-23(17)32/h6,8-11,13-14,17,24,29H,4-5,7,12H2,1-3H3,(H,30,32). The summed E-state index contributed by atoms with van der Waals surface area (Å²) < 4.78 is 0. The van der Waals surface area contributed by atoms with Crippen molar-refractivity contribution in [1.29, 1.82) is 0 Å². The number of aryl methyl sites for hydroxylation is 1. The molecule has 0 saturated heterocycles. The zero-order valence-corrected chi connectivity index (χ0v) is 18.6. The van der Waals surface area contributed by atoms with Crippen LogP contribution in [0.1, 0.15) is 30.8 Å². The molecule has 0 aromatic carbocycles. The van der Waals surface area contributed by atoms with Crippen molar-refractivity contribution in [3.05, 3.63) is 53.5 Å². The lowest BCUT2D eigenvalue weighted by Crippen LogP contribution is -2.32. The van der Waals surface area contributed by atoms with Crippen molar-refractivity contribution in [2.75, 3.05) is 19.6 Å². The van der Waals surface area contributed by atoms with Crippen LogP contribution in [0.25, 0.3) is 17.5 Å². The predicted molar refractivity (Wildman–Crippen MR) is 126 cm³/mol. The largest absolute Gasteiger partial charge is 0.359 e. The van der Waals surface area contributed by atoms with Crippen molar-refractivity contribution in [2.45, 2.75) is 27.2 Å². The zero-order valence-electron chi connectivity index (χ0n) is 18.6. The number of nitrogens with one attached hydrogen (secondary N) is 3. The molecule has 1 unspecified atom stereocenters. The van der Waals surface area contributed by atoms with Gasteiger partial charge in [-0.1, -0.05) is 13.8 Å². The number of allylic oxidation sites excluding steroid dienone is 1. The molecule has 4 heterocycles. The molecule has 1 atom stereocenters. The number of carbonyl (C=O) groups excluding carboxylic acids is 1. The molecule has 9 nitrogen and oxygen atoms in total. The number of carbonyl (C=O) groups is 1. The van der Waals surface area contributed by atoms with E-state index in [9.17, 15) is 4.79 Å². The third-order valence-corrected chi connectivity index (χ3v) is 5.77. The number of aliphatic imine (C=N–C) groups is 1. The van der Waals surface area contributed by atoms with Gasteiger partial charge in [0.25, 0.3) is 5.91 Å². The van der Waals surface area contributed by atoms with E-state index in [4.69, 9.17) is 0 Å². The van der Waals surface area contributed by atoms with Crippen molar-refractivity contribution in [3.8, 4) is 11.4 Å². The first-order valence-electron chi connectivity index (χ1n) is 10.9. The highest BCUT2D eigenvalue weighted by Crippen LogP contribution is 2.30. The molecular weight excluding hydrogens is 404 g/mol. The maximum Gasteiger partial charge on any atom is 0.254 e. The number of rotatable bonds is 8. The molecule has 2 aromatic rings. The molecule has 9 heteroatoms. The number of hydrazone groups is 1. The fourth-order valence-electron chi connectivity index (χ4n) is 4.01. The van der Waals surface area contributed by atoms with Gasteiger partial charge in [0.2, 0.25) is 0 Å². The van der Waals surface area contributed by atoms with Crippen molar-refractivity contribution < 1.29 is 4.79 Å². The lowest BCUT2D eigenvalue weighted by atomic mass is 9.98. The number of aromatic amines is 1. The minimum absolute atomic E-state index is 0.194. The molecule has 2 aliphatic heterocycles. The Kier molecular flexibility index (Phi) is 6.55. The molecule has 0 saturated carbocycles. The van der Waals surface area contributed by atoms with Crippen LogP contribution in [-0.2, 0) is 11.2 Å². The number of hydrogen-bond acceptors (Lipinski definition) is 7. The zero-order chi connectivity index (χ0) is 22.5. The van der Waals surface area contributed by atoms with E-state index >= 15 is 0 Å². The third-order valence-electron chi connectivity index (χ3n) is 5.77. The van der Waals surface area contributed by atoms with Gasteiger partial charge in [-0.05, 0) is 44.1 Å². The average Bonchev–Trinajstić information content (AvgIpc) is 3.38. The summed E-state index contributed by atoms with van der Waals surface area (Å²) in [4.78, 5) is 31.6. The number of hydrogen-bond donors (Lipinski definition) is 3. The van der Waals surface area contributed by atoms with Crippen LogP contribution in [0.3, 0.4) is 0 Å². The summed E-state index contributed by atoms with van der Waals surface area (Å²) in [6.07, 6.45) is 11.3. The minimum Gasteiger partial charge on any atom is -0.359 e. The highest BCUT2D eigenvalue weighted by Gasteiger charge is 2.30. The SMILES string of the molecule is CCN(CC)CCc1c(C)[nH]c(C=C2NC=CN=C2C2C=NNC2=O)c1-c1ncccn1. The first-order valence-corrected chi connectivity index (χ1v) is 10.9. The smallest absolute Gasteiger partial charge is 0.254 e. The Morgan fingerprint density at radius 2 is 1.97 bits per heavy atom. The van der Waals surface area contributed by atoms with Crippen LogP contribution >= 0.6 is 0 Å². The number of amides is 1. The van der Waals surface area contributed by atoms with Crippen molar-refractivity contribution in [2.24, 2.45) is 16.0 Å².